The van der Waals surface area contributed by atoms with Crippen molar-refractivity contribution in [2.45, 2.75) is 38.7 Å². The molecule has 0 fully saturated rings. The molecule has 2 aromatic rings. The highest BCUT2D eigenvalue weighted by molar-refractivity contribution is 6.03. The second-order valence-electron chi connectivity index (χ2n) is 5.99. The van der Waals surface area contributed by atoms with Gasteiger partial charge in [0.25, 0.3) is 0 Å². The van der Waals surface area contributed by atoms with Crippen molar-refractivity contribution in [2.75, 3.05) is 0 Å². The fourth-order valence-corrected chi connectivity index (χ4v) is 3.04. The molecule has 1 aromatic carbocycles. The minimum Gasteiger partial charge on any atom is -0.469 e. The van der Waals surface area contributed by atoms with Crippen molar-refractivity contribution in [3.8, 4) is 0 Å². The van der Waals surface area contributed by atoms with Crippen LogP contribution in [0.25, 0.3) is 5.57 Å². The van der Waals surface area contributed by atoms with Crippen molar-refractivity contribution in [1.29, 1.82) is 0 Å². The Morgan fingerprint density at radius 3 is 2.75 bits per heavy atom. The average molecular weight is 322 g/mol. The summed E-state index contributed by atoms with van der Waals surface area (Å²) in [7, 11) is 0. The van der Waals surface area contributed by atoms with Crippen molar-refractivity contribution >= 4 is 11.5 Å². The zero-order valence-corrected chi connectivity index (χ0v) is 14.0. The molecule has 1 aromatic heterocycles. The second-order valence-corrected chi connectivity index (χ2v) is 5.99. The van der Waals surface area contributed by atoms with Gasteiger partial charge in [-0.2, -0.15) is 0 Å². The summed E-state index contributed by atoms with van der Waals surface area (Å²) >= 11 is 0. The number of carbonyl (C=O) groups is 1. The Bertz CT molecular complexity index is 752. The SMILES string of the molecule is C=CCC1=C(c2coc(CCCC)c2)[C@H](c2ccccc2)OC1=O. The molecule has 24 heavy (non-hydrogen) atoms. The van der Waals surface area contributed by atoms with Crippen LogP contribution in [0.2, 0.25) is 0 Å². The van der Waals surface area contributed by atoms with Crippen LogP contribution in [0, 0.1) is 0 Å². The molecule has 3 nitrogen and oxygen atoms in total. The highest BCUT2D eigenvalue weighted by atomic mass is 16.5. The minimum absolute atomic E-state index is 0.268. The lowest BCUT2D eigenvalue weighted by Gasteiger charge is -2.13. The number of aryl methyl sites for hydroxylation is 1. The molecule has 124 valence electrons. The van der Waals surface area contributed by atoms with Crippen LogP contribution in [0.15, 0.2) is 65.3 Å². The molecule has 0 bridgehead atoms. The number of benzene rings is 1. The highest BCUT2D eigenvalue weighted by Gasteiger charge is 2.35. The Morgan fingerprint density at radius 2 is 2.04 bits per heavy atom. The van der Waals surface area contributed by atoms with Crippen LogP contribution in [0.4, 0.5) is 0 Å². The summed E-state index contributed by atoms with van der Waals surface area (Å²) in [5.74, 6) is 0.679. The lowest BCUT2D eigenvalue weighted by molar-refractivity contribution is -0.139. The van der Waals surface area contributed by atoms with E-state index in [0.29, 0.717) is 12.0 Å². The molecular formula is C21H22O3. The lowest BCUT2D eigenvalue weighted by Crippen LogP contribution is -2.03. The summed E-state index contributed by atoms with van der Waals surface area (Å²) in [5.41, 5.74) is 3.47. The molecule has 0 radical (unpaired) electrons. The lowest BCUT2D eigenvalue weighted by atomic mass is 9.93. The van der Waals surface area contributed by atoms with Crippen molar-refractivity contribution in [1.82, 2.24) is 0 Å². The maximum absolute atomic E-state index is 12.4. The van der Waals surface area contributed by atoms with Gasteiger partial charge in [-0.3, -0.25) is 0 Å². The van der Waals surface area contributed by atoms with Crippen LogP contribution in [0.5, 0.6) is 0 Å². The molecule has 3 heteroatoms. The van der Waals surface area contributed by atoms with Gasteiger partial charge in [0, 0.05) is 23.1 Å². The Morgan fingerprint density at radius 1 is 1.25 bits per heavy atom. The van der Waals surface area contributed by atoms with Gasteiger partial charge in [-0.05, 0) is 24.5 Å². The number of allylic oxidation sites excluding steroid dienone is 1. The van der Waals surface area contributed by atoms with Gasteiger partial charge >= 0.3 is 5.97 Å². The third-order valence-corrected chi connectivity index (χ3v) is 4.25. The zero-order valence-electron chi connectivity index (χ0n) is 14.0. The average Bonchev–Trinajstić information content (AvgIpc) is 3.19. The van der Waals surface area contributed by atoms with Gasteiger partial charge in [0.1, 0.15) is 5.76 Å². The van der Waals surface area contributed by atoms with E-state index in [1.54, 1.807) is 12.3 Å². The molecule has 1 aliphatic heterocycles. The third-order valence-electron chi connectivity index (χ3n) is 4.25. The Kier molecular flexibility index (Phi) is 4.99. The van der Waals surface area contributed by atoms with E-state index in [1.165, 1.54) is 0 Å². The van der Waals surface area contributed by atoms with E-state index in [9.17, 15) is 4.79 Å². The van der Waals surface area contributed by atoms with Gasteiger partial charge in [-0.25, -0.2) is 4.79 Å². The number of rotatable bonds is 7. The molecule has 2 heterocycles. The predicted molar refractivity (Wildman–Crippen MR) is 94.3 cm³/mol. The Labute approximate surface area is 142 Å². The smallest absolute Gasteiger partial charge is 0.335 e. The van der Waals surface area contributed by atoms with Crippen molar-refractivity contribution in [3.63, 3.8) is 0 Å². The van der Waals surface area contributed by atoms with Crippen LogP contribution in [-0.4, -0.2) is 5.97 Å². The molecule has 0 unspecified atom stereocenters. The fourth-order valence-electron chi connectivity index (χ4n) is 3.04. The maximum Gasteiger partial charge on any atom is 0.335 e. The van der Waals surface area contributed by atoms with E-state index in [1.807, 2.05) is 36.4 Å². The van der Waals surface area contributed by atoms with Gasteiger partial charge in [0.05, 0.1) is 6.26 Å². The zero-order chi connectivity index (χ0) is 16.9. The summed E-state index contributed by atoms with van der Waals surface area (Å²) in [6.45, 7) is 5.92. The topological polar surface area (TPSA) is 39.4 Å². The molecule has 0 saturated heterocycles. The third kappa shape index (κ3) is 3.21. The van der Waals surface area contributed by atoms with Gasteiger partial charge in [-0.15, -0.1) is 6.58 Å². The maximum atomic E-state index is 12.4. The minimum atomic E-state index is -0.384. The van der Waals surface area contributed by atoms with E-state index in [0.717, 1.165) is 41.7 Å². The molecule has 1 aliphatic rings. The first kappa shape index (κ1) is 16.3. The van der Waals surface area contributed by atoms with E-state index < -0.39 is 0 Å². The normalized spacial score (nSPS) is 17.2. The molecule has 0 N–H and O–H groups in total. The first-order valence-corrected chi connectivity index (χ1v) is 8.42. The number of ether oxygens (including phenoxy) is 1. The Hall–Kier alpha value is -2.55. The number of furan rings is 1. The molecular weight excluding hydrogens is 300 g/mol. The first-order valence-electron chi connectivity index (χ1n) is 8.42. The summed E-state index contributed by atoms with van der Waals surface area (Å²) in [6, 6.07) is 11.9. The number of hydrogen-bond donors (Lipinski definition) is 0. The monoisotopic (exact) mass is 322 g/mol. The molecule has 3 rings (SSSR count). The van der Waals surface area contributed by atoms with Crippen LogP contribution in [-0.2, 0) is 16.0 Å². The largest absolute Gasteiger partial charge is 0.469 e. The number of carbonyl (C=O) groups excluding carboxylic acids is 1. The second kappa shape index (κ2) is 7.35. The number of unbranched alkanes of at least 4 members (excludes halogenated alkanes) is 1. The summed E-state index contributed by atoms with van der Waals surface area (Å²) in [6.07, 6.45) is 6.70. The van der Waals surface area contributed by atoms with E-state index in [-0.39, 0.29) is 12.1 Å². The number of esters is 1. The van der Waals surface area contributed by atoms with Crippen molar-refractivity contribution in [3.05, 3.63) is 77.8 Å². The quantitative estimate of drug-likeness (QED) is 0.516. The van der Waals surface area contributed by atoms with Crippen LogP contribution in [0.1, 0.15) is 49.2 Å². The van der Waals surface area contributed by atoms with Crippen molar-refractivity contribution in [2.24, 2.45) is 0 Å². The molecule has 0 aliphatic carbocycles. The predicted octanol–water partition coefficient (Wildman–Crippen LogP) is 5.25. The van der Waals surface area contributed by atoms with Gasteiger partial charge < -0.3 is 9.15 Å². The van der Waals surface area contributed by atoms with Gasteiger partial charge in [-0.1, -0.05) is 49.8 Å². The fraction of sp³-hybridized carbons (Fsp3) is 0.286. The first-order chi connectivity index (χ1) is 11.7. The number of hydrogen-bond acceptors (Lipinski definition) is 3. The van der Waals surface area contributed by atoms with Gasteiger partial charge in [0.15, 0.2) is 6.10 Å². The van der Waals surface area contributed by atoms with Crippen molar-refractivity contribution < 1.29 is 13.9 Å². The van der Waals surface area contributed by atoms with E-state index >= 15 is 0 Å². The van der Waals surface area contributed by atoms with E-state index in [4.69, 9.17) is 9.15 Å². The summed E-state index contributed by atoms with van der Waals surface area (Å²) in [5, 5.41) is 0. The van der Waals surface area contributed by atoms with E-state index in [2.05, 4.69) is 13.5 Å². The molecule has 0 saturated carbocycles. The molecule has 1 atom stereocenters. The summed E-state index contributed by atoms with van der Waals surface area (Å²) in [4.78, 5) is 12.4. The standard InChI is InChI=1S/C21H22O3/c1-3-5-12-17-13-16(14-23-17)19-18(9-4-2)21(22)24-20(19)15-10-7-6-8-11-15/h4,6-8,10-11,13-14,20H,2-3,5,9,12H2,1H3/t20-/m0/s1. The Balaban J connectivity index is 2.01. The highest BCUT2D eigenvalue weighted by Crippen LogP contribution is 2.43. The summed E-state index contributed by atoms with van der Waals surface area (Å²) < 4.78 is 11.4. The molecule has 0 amide bonds. The van der Waals surface area contributed by atoms with Gasteiger partial charge in [0.2, 0.25) is 0 Å². The van der Waals surface area contributed by atoms with Crippen LogP contribution in [0.3, 0.4) is 0 Å². The van der Waals surface area contributed by atoms with Crippen LogP contribution >= 0.6 is 0 Å². The van der Waals surface area contributed by atoms with Crippen LogP contribution < -0.4 is 0 Å². The number of cyclic esters (lactones) is 1. The molecule has 0 spiro atoms.